The molecule has 2 atom stereocenters. The number of rotatable bonds is 23. The Morgan fingerprint density at radius 1 is 0.515 bits per heavy atom. The van der Waals surface area contributed by atoms with Crippen LogP contribution in [0.3, 0.4) is 0 Å². The predicted octanol–water partition coefficient (Wildman–Crippen LogP) is 10.3. The summed E-state index contributed by atoms with van der Waals surface area (Å²) in [5.74, 6) is 0.739. The molecule has 2 heteroatoms. The fraction of sp³-hybridized carbons (Fsp3) is 1.00. The third-order valence-corrected chi connectivity index (χ3v) is 7.47. The maximum Gasteiger partial charge on any atom is 0.0182 e. The van der Waals surface area contributed by atoms with Crippen LogP contribution < -0.4 is 11.5 Å². The molecule has 0 spiro atoms. The van der Waals surface area contributed by atoms with E-state index in [1.807, 2.05) is 0 Å². The van der Waals surface area contributed by atoms with Crippen LogP contribution in [0.1, 0.15) is 183 Å². The molecule has 2 unspecified atom stereocenters. The normalized spacial score (nSPS) is 13.5. The fourth-order valence-electron chi connectivity index (χ4n) is 5.08. The molecule has 0 amide bonds. The summed E-state index contributed by atoms with van der Waals surface area (Å²) in [5, 5.41) is 0. The SMILES string of the molecule is CCCCCCC(CC)C(N)(CCCCCC)CCCCCC.CCCCCCCC(C)N. The van der Waals surface area contributed by atoms with Gasteiger partial charge in [-0.2, -0.15) is 0 Å². The van der Waals surface area contributed by atoms with Crippen molar-refractivity contribution < 1.29 is 0 Å². The lowest BCUT2D eigenvalue weighted by Gasteiger charge is -2.38. The molecule has 0 aromatic heterocycles. The summed E-state index contributed by atoms with van der Waals surface area (Å²) >= 11 is 0. The molecule has 0 rings (SSSR count). The third-order valence-electron chi connectivity index (χ3n) is 7.47. The van der Waals surface area contributed by atoms with E-state index in [4.69, 9.17) is 11.5 Å². The molecule has 202 valence electrons. The van der Waals surface area contributed by atoms with Gasteiger partial charge in [-0.15, -0.1) is 0 Å². The van der Waals surface area contributed by atoms with Gasteiger partial charge in [0.25, 0.3) is 0 Å². The largest absolute Gasteiger partial charge is 0.328 e. The van der Waals surface area contributed by atoms with E-state index in [0.717, 1.165) is 5.92 Å². The smallest absolute Gasteiger partial charge is 0.0182 e. The molecular weight excluding hydrogens is 400 g/mol. The second-order valence-electron chi connectivity index (χ2n) is 11.0. The summed E-state index contributed by atoms with van der Waals surface area (Å²) < 4.78 is 0. The number of hydrogen-bond donors (Lipinski definition) is 2. The van der Waals surface area contributed by atoms with Gasteiger partial charge in [0.1, 0.15) is 0 Å². The van der Waals surface area contributed by atoms with Gasteiger partial charge >= 0.3 is 0 Å². The molecule has 0 aromatic carbocycles. The number of unbranched alkanes of at least 4 members (excludes halogenated alkanes) is 13. The van der Waals surface area contributed by atoms with Gasteiger partial charge in [0, 0.05) is 11.6 Å². The van der Waals surface area contributed by atoms with Crippen molar-refractivity contribution in [1.82, 2.24) is 0 Å². The van der Waals surface area contributed by atoms with E-state index in [0.29, 0.717) is 6.04 Å². The van der Waals surface area contributed by atoms with Crippen molar-refractivity contribution >= 4 is 0 Å². The van der Waals surface area contributed by atoms with E-state index in [1.54, 1.807) is 0 Å². The third kappa shape index (κ3) is 23.4. The summed E-state index contributed by atoms with van der Waals surface area (Å²) in [6.07, 6.45) is 29.4. The van der Waals surface area contributed by atoms with E-state index in [2.05, 4.69) is 41.5 Å². The molecule has 0 aliphatic carbocycles. The van der Waals surface area contributed by atoms with Crippen LogP contribution in [0.4, 0.5) is 0 Å². The highest BCUT2D eigenvalue weighted by Crippen LogP contribution is 2.33. The maximum atomic E-state index is 7.03. The highest BCUT2D eigenvalue weighted by Gasteiger charge is 2.32. The van der Waals surface area contributed by atoms with E-state index in [-0.39, 0.29) is 5.54 Å². The van der Waals surface area contributed by atoms with Gasteiger partial charge in [-0.25, -0.2) is 0 Å². The Morgan fingerprint density at radius 3 is 1.27 bits per heavy atom. The zero-order chi connectivity index (χ0) is 25.2. The van der Waals surface area contributed by atoms with Crippen molar-refractivity contribution in [2.45, 2.75) is 194 Å². The van der Waals surface area contributed by atoms with Crippen LogP contribution in [0.25, 0.3) is 0 Å². The molecule has 0 saturated carbocycles. The van der Waals surface area contributed by atoms with Crippen molar-refractivity contribution in [3.63, 3.8) is 0 Å². The minimum atomic E-state index is 0.114. The van der Waals surface area contributed by atoms with Gasteiger partial charge < -0.3 is 11.5 Å². The molecule has 0 bridgehead atoms. The Morgan fingerprint density at radius 2 is 0.879 bits per heavy atom. The highest BCUT2D eigenvalue weighted by atomic mass is 14.8. The van der Waals surface area contributed by atoms with Crippen LogP contribution in [-0.4, -0.2) is 11.6 Å². The molecule has 33 heavy (non-hydrogen) atoms. The quantitative estimate of drug-likeness (QED) is 0.146. The zero-order valence-electron chi connectivity index (χ0n) is 24.4. The summed E-state index contributed by atoms with van der Waals surface area (Å²) in [7, 11) is 0. The minimum absolute atomic E-state index is 0.114. The standard InChI is InChI=1S/C22H47N.C9H21N/c1-5-9-12-15-18-21(8-4)22(23,19-16-13-10-6-2)20-17-14-11-7-3;1-3-4-5-6-7-8-9(2)10/h21H,5-20,23H2,1-4H3;9H,3-8,10H2,1-2H3. The molecule has 2 nitrogen and oxygen atoms in total. The first kappa shape index (κ1) is 35.1. The van der Waals surface area contributed by atoms with Crippen LogP contribution in [0, 0.1) is 5.92 Å². The minimum Gasteiger partial charge on any atom is -0.328 e. The van der Waals surface area contributed by atoms with Crippen molar-refractivity contribution in [2.75, 3.05) is 0 Å². The fourth-order valence-corrected chi connectivity index (χ4v) is 5.08. The Labute approximate surface area is 211 Å². The molecule has 0 saturated heterocycles. The lowest BCUT2D eigenvalue weighted by atomic mass is 9.73. The van der Waals surface area contributed by atoms with Crippen LogP contribution in [-0.2, 0) is 0 Å². The molecule has 4 N–H and O–H groups in total. The van der Waals surface area contributed by atoms with Crippen molar-refractivity contribution in [3.8, 4) is 0 Å². The van der Waals surface area contributed by atoms with E-state index in [9.17, 15) is 0 Å². The molecule has 0 aliphatic heterocycles. The van der Waals surface area contributed by atoms with Gasteiger partial charge in [-0.05, 0) is 38.5 Å². The molecule has 0 aromatic rings. The average Bonchev–Trinajstić information content (AvgIpc) is 2.80. The van der Waals surface area contributed by atoms with Crippen LogP contribution in [0.2, 0.25) is 0 Å². The Hall–Kier alpha value is -0.0800. The number of nitrogens with two attached hydrogens (primary N) is 2. The molecule has 0 radical (unpaired) electrons. The first-order chi connectivity index (χ1) is 15.9. The van der Waals surface area contributed by atoms with Gasteiger partial charge in [0.2, 0.25) is 0 Å². The Kier molecular flexibility index (Phi) is 28.2. The zero-order valence-corrected chi connectivity index (χ0v) is 24.4. The second kappa shape index (κ2) is 26.5. The molecule has 0 fully saturated rings. The molecule has 0 aliphatic rings. The van der Waals surface area contributed by atoms with Gasteiger partial charge in [0.05, 0.1) is 0 Å². The van der Waals surface area contributed by atoms with E-state index >= 15 is 0 Å². The topological polar surface area (TPSA) is 52.0 Å². The van der Waals surface area contributed by atoms with E-state index < -0.39 is 0 Å². The van der Waals surface area contributed by atoms with Crippen LogP contribution in [0.5, 0.6) is 0 Å². The lowest BCUT2D eigenvalue weighted by Crippen LogP contribution is -2.47. The van der Waals surface area contributed by atoms with Gasteiger partial charge in [0.15, 0.2) is 0 Å². The van der Waals surface area contributed by atoms with Crippen molar-refractivity contribution in [3.05, 3.63) is 0 Å². The van der Waals surface area contributed by atoms with Crippen molar-refractivity contribution in [1.29, 1.82) is 0 Å². The second-order valence-corrected chi connectivity index (χ2v) is 11.0. The molecular formula is C31H68N2. The Bertz CT molecular complexity index is 341. The summed E-state index contributed by atoms with van der Waals surface area (Å²) in [6.45, 7) is 13.6. The monoisotopic (exact) mass is 469 g/mol. The Balaban J connectivity index is 0. The summed E-state index contributed by atoms with van der Waals surface area (Å²) in [4.78, 5) is 0. The maximum absolute atomic E-state index is 7.03. The summed E-state index contributed by atoms with van der Waals surface area (Å²) in [6, 6.07) is 0.404. The van der Waals surface area contributed by atoms with Gasteiger partial charge in [-0.1, -0.05) is 150 Å². The van der Waals surface area contributed by atoms with Crippen molar-refractivity contribution in [2.24, 2.45) is 17.4 Å². The number of hydrogen-bond acceptors (Lipinski definition) is 2. The molecule has 0 heterocycles. The summed E-state index contributed by atoms with van der Waals surface area (Å²) in [5.41, 5.74) is 12.8. The van der Waals surface area contributed by atoms with Gasteiger partial charge in [-0.3, -0.25) is 0 Å². The highest BCUT2D eigenvalue weighted by molar-refractivity contribution is 4.90. The average molecular weight is 469 g/mol. The van der Waals surface area contributed by atoms with Crippen LogP contribution in [0.15, 0.2) is 0 Å². The lowest BCUT2D eigenvalue weighted by molar-refractivity contribution is 0.199. The van der Waals surface area contributed by atoms with Crippen LogP contribution >= 0.6 is 0 Å². The predicted molar refractivity (Wildman–Crippen MR) is 154 cm³/mol. The first-order valence-corrected chi connectivity index (χ1v) is 15.5. The first-order valence-electron chi connectivity index (χ1n) is 15.5. The van der Waals surface area contributed by atoms with E-state index in [1.165, 1.54) is 141 Å².